The van der Waals surface area contributed by atoms with Crippen LogP contribution in [-0.4, -0.2) is 39.0 Å². The van der Waals surface area contributed by atoms with Gasteiger partial charge in [-0.3, -0.25) is 0 Å². The molecule has 0 radical (unpaired) electrons. The third-order valence-electron chi connectivity index (χ3n) is 3.64. The van der Waals surface area contributed by atoms with E-state index in [1.54, 1.807) is 6.07 Å². The molecule has 1 aliphatic heterocycles. The molecule has 1 aromatic carbocycles. The first kappa shape index (κ1) is 20.0. The Morgan fingerprint density at radius 2 is 1.77 bits per heavy atom. The lowest BCUT2D eigenvalue weighted by atomic mass is 10.1. The van der Waals surface area contributed by atoms with E-state index in [2.05, 4.69) is 16.5 Å². The molecule has 0 saturated carbocycles. The molecule has 0 amide bonds. The van der Waals surface area contributed by atoms with Crippen molar-refractivity contribution in [2.45, 2.75) is 37.1 Å². The summed E-state index contributed by atoms with van der Waals surface area (Å²) in [7, 11) is -3.68. The number of sulfonamides is 1. The van der Waals surface area contributed by atoms with Crippen LogP contribution < -0.4 is 4.72 Å². The summed E-state index contributed by atoms with van der Waals surface area (Å²) in [4.78, 5) is 2.33. The highest BCUT2D eigenvalue weighted by Crippen LogP contribution is 2.29. The highest BCUT2D eigenvalue weighted by atomic mass is 35.5. The van der Waals surface area contributed by atoms with Gasteiger partial charge in [-0.15, -0.1) is 12.4 Å². The van der Waals surface area contributed by atoms with E-state index in [4.69, 9.17) is 23.2 Å². The van der Waals surface area contributed by atoms with Crippen LogP contribution in [0.2, 0.25) is 10.0 Å². The number of nitrogens with zero attached hydrogens (tertiary/aromatic N) is 1. The first-order chi connectivity index (χ1) is 9.94. The molecular formula is C14H21Cl3N2O2S. The smallest absolute Gasteiger partial charge is 0.243 e. The number of halogens is 3. The number of hydrogen-bond acceptors (Lipinski definition) is 3. The first-order valence-corrected chi connectivity index (χ1v) is 9.36. The summed E-state index contributed by atoms with van der Waals surface area (Å²) in [6.07, 6.45) is 2.73. The molecular weight excluding hydrogens is 367 g/mol. The van der Waals surface area contributed by atoms with Gasteiger partial charge in [0.05, 0.1) is 10.0 Å². The maximum atomic E-state index is 12.5. The summed E-state index contributed by atoms with van der Waals surface area (Å²) in [6.45, 7) is 5.04. The second-order valence-electron chi connectivity index (χ2n) is 5.29. The number of rotatable bonds is 5. The van der Waals surface area contributed by atoms with Crippen LogP contribution in [-0.2, 0) is 10.0 Å². The van der Waals surface area contributed by atoms with Gasteiger partial charge < -0.3 is 4.90 Å². The van der Waals surface area contributed by atoms with Gasteiger partial charge in [0, 0.05) is 6.04 Å². The first-order valence-electron chi connectivity index (χ1n) is 7.12. The van der Waals surface area contributed by atoms with Crippen molar-refractivity contribution < 1.29 is 8.42 Å². The molecule has 0 atom stereocenters. The van der Waals surface area contributed by atoms with Crippen LogP contribution in [0.5, 0.6) is 0 Å². The number of nitrogens with one attached hydrogen (secondary N) is 1. The zero-order chi connectivity index (χ0) is 15.5. The largest absolute Gasteiger partial charge is 0.303 e. The normalized spacial score (nSPS) is 17.2. The SMILES string of the molecule is CCCN1CCC(NS(=O)(=O)c2c(Cl)cccc2Cl)CC1.Cl. The summed E-state index contributed by atoms with van der Waals surface area (Å²) in [6, 6.07) is 4.64. The lowest BCUT2D eigenvalue weighted by molar-refractivity contribution is 0.208. The average molecular weight is 388 g/mol. The van der Waals surface area contributed by atoms with Crippen molar-refractivity contribution in [3.8, 4) is 0 Å². The fourth-order valence-corrected chi connectivity index (χ4v) is 5.06. The third-order valence-corrected chi connectivity index (χ3v) is 6.11. The average Bonchev–Trinajstić information content (AvgIpc) is 2.40. The molecule has 0 unspecified atom stereocenters. The number of benzene rings is 1. The van der Waals surface area contributed by atoms with Gasteiger partial charge in [-0.05, 0) is 51.0 Å². The van der Waals surface area contributed by atoms with Crippen molar-refractivity contribution in [2.24, 2.45) is 0 Å². The molecule has 1 N–H and O–H groups in total. The van der Waals surface area contributed by atoms with Gasteiger partial charge in [0.25, 0.3) is 0 Å². The molecule has 0 spiro atoms. The maximum Gasteiger partial charge on any atom is 0.243 e. The Hall–Kier alpha value is -0.0400. The van der Waals surface area contributed by atoms with E-state index in [-0.39, 0.29) is 33.4 Å². The number of hydrogen-bond donors (Lipinski definition) is 1. The van der Waals surface area contributed by atoms with Crippen molar-refractivity contribution in [3.63, 3.8) is 0 Å². The van der Waals surface area contributed by atoms with Gasteiger partial charge in [0.15, 0.2) is 0 Å². The highest BCUT2D eigenvalue weighted by molar-refractivity contribution is 7.89. The fraction of sp³-hybridized carbons (Fsp3) is 0.571. The fourth-order valence-electron chi connectivity index (χ4n) is 2.61. The van der Waals surface area contributed by atoms with Crippen molar-refractivity contribution in [2.75, 3.05) is 19.6 Å². The van der Waals surface area contributed by atoms with Gasteiger partial charge in [-0.1, -0.05) is 36.2 Å². The minimum absolute atomic E-state index is 0. The van der Waals surface area contributed by atoms with Crippen molar-refractivity contribution >= 4 is 45.6 Å². The van der Waals surface area contributed by atoms with Crippen LogP contribution in [0.25, 0.3) is 0 Å². The van der Waals surface area contributed by atoms with Gasteiger partial charge in [-0.25, -0.2) is 13.1 Å². The highest BCUT2D eigenvalue weighted by Gasteiger charge is 2.27. The molecule has 22 heavy (non-hydrogen) atoms. The molecule has 8 heteroatoms. The lowest BCUT2D eigenvalue weighted by Gasteiger charge is -2.32. The predicted octanol–water partition coefficient (Wildman–Crippen LogP) is 3.57. The van der Waals surface area contributed by atoms with Crippen LogP contribution in [0, 0.1) is 0 Å². The van der Waals surface area contributed by atoms with Gasteiger partial charge in [0.1, 0.15) is 4.90 Å². The molecule has 0 bridgehead atoms. The zero-order valence-corrected chi connectivity index (χ0v) is 15.5. The van der Waals surface area contributed by atoms with E-state index >= 15 is 0 Å². The Morgan fingerprint density at radius 3 is 2.27 bits per heavy atom. The second kappa shape index (κ2) is 8.71. The minimum Gasteiger partial charge on any atom is -0.303 e. The molecule has 1 aromatic rings. The second-order valence-corrected chi connectivity index (χ2v) is 7.75. The van der Waals surface area contributed by atoms with Crippen LogP contribution in [0.15, 0.2) is 23.1 Å². The molecule has 0 aliphatic carbocycles. The Morgan fingerprint density at radius 1 is 1.23 bits per heavy atom. The maximum absolute atomic E-state index is 12.5. The molecule has 1 fully saturated rings. The standard InChI is InChI=1S/C14H20Cl2N2O2S.ClH/c1-2-8-18-9-6-11(7-10-18)17-21(19,20)14-12(15)4-3-5-13(14)16;/h3-5,11,17H,2,6-10H2,1H3;1H. The van der Waals surface area contributed by atoms with Crippen molar-refractivity contribution in [3.05, 3.63) is 28.2 Å². The Balaban J connectivity index is 0.00000242. The molecule has 126 valence electrons. The van der Waals surface area contributed by atoms with E-state index in [9.17, 15) is 8.42 Å². The molecule has 1 saturated heterocycles. The van der Waals surface area contributed by atoms with Gasteiger partial charge >= 0.3 is 0 Å². The Bertz CT molecular complexity index is 568. The Kier molecular flexibility index (Phi) is 7.92. The molecule has 2 rings (SSSR count). The molecule has 4 nitrogen and oxygen atoms in total. The van der Waals surface area contributed by atoms with E-state index < -0.39 is 10.0 Å². The summed E-state index contributed by atoms with van der Waals surface area (Å²) >= 11 is 12.0. The Labute approximate surface area is 148 Å². The number of likely N-dealkylation sites (tertiary alicyclic amines) is 1. The van der Waals surface area contributed by atoms with E-state index in [0.717, 1.165) is 38.9 Å². The van der Waals surface area contributed by atoms with Crippen molar-refractivity contribution in [1.29, 1.82) is 0 Å². The van der Waals surface area contributed by atoms with Crippen LogP contribution in [0.3, 0.4) is 0 Å². The molecule has 1 heterocycles. The monoisotopic (exact) mass is 386 g/mol. The summed E-state index contributed by atoms with van der Waals surface area (Å²) in [5.74, 6) is 0. The predicted molar refractivity (Wildman–Crippen MR) is 93.8 cm³/mol. The summed E-state index contributed by atoms with van der Waals surface area (Å²) in [5, 5.41) is 0.303. The lowest BCUT2D eigenvalue weighted by Crippen LogP contribution is -2.44. The van der Waals surface area contributed by atoms with E-state index in [0.29, 0.717) is 0 Å². The van der Waals surface area contributed by atoms with Gasteiger partial charge in [-0.2, -0.15) is 0 Å². The van der Waals surface area contributed by atoms with Crippen LogP contribution in [0.4, 0.5) is 0 Å². The van der Waals surface area contributed by atoms with Crippen LogP contribution >= 0.6 is 35.6 Å². The zero-order valence-electron chi connectivity index (χ0n) is 12.4. The molecule has 1 aliphatic rings. The van der Waals surface area contributed by atoms with E-state index in [1.807, 2.05) is 0 Å². The number of piperidine rings is 1. The van der Waals surface area contributed by atoms with Crippen molar-refractivity contribution in [1.82, 2.24) is 9.62 Å². The summed E-state index contributed by atoms with van der Waals surface area (Å²) < 4.78 is 27.6. The quantitative estimate of drug-likeness (QED) is 0.840. The molecule has 0 aromatic heterocycles. The third kappa shape index (κ3) is 4.98. The van der Waals surface area contributed by atoms with E-state index in [1.165, 1.54) is 12.1 Å². The minimum atomic E-state index is -3.68. The summed E-state index contributed by atoms with van der Waals surface area (Å²) in [5.41, 5.74) is 0. The topological polar surface area (TPSA) is 49.4 Å². The van der Waals surface area contributed by atoms with Crippen LogP contribution in [0.1, 0.15) is 26.2 Å². The van der Waals surface area contributed by atoms with Gasteiger partial charge in [0.2, 0.25) is 10.0 Å².